The summed E-state index contributed by atoms with van der Waals surface area (Å²) in [5.41, 5.74) is 8.60. The average molecular weight is 712 g/mol. The highest BCUT2D eigenvalue weighted by atomic mass is 16.7. The van der Waals surface area contributed by atoms with Crippen molar-refractivity contribution in [3.05, 3.63) is 125 Å². The Labute approximate surface area is 319 Å². The molecule has 0 bridgehead atoms. The van der Waals surface area contributed by atoms with E-state index in [4.69, 9.17) is 9.47 Å². The topological polar surface area (TPSA) is 55.4 Å². The fourth-order valence-corrected chi connectivity index (χ4v) is 4.70. The number of pyridine rings is 1. The van der Waals surface area contributed by atoms with Crippen LogP contribution in [0.1, 0.15) is 123 Å². The van der Waals surface area contributed by atoms with Crippen LogP contribution in [-0.4, -0.2) is 11.8 Å². The molecule has 0 unspecified atom stereocenters. The van der Waals surface area contributed by atoms with E-state index in [0.717, 1.165) is 61.3 Å². The normalized spacial score (nSPS) is 13.2. The van der Waals surface area contributed by atoms with Crippen molar-refractivity contribution in [3.63, 3.8) is 0 Å². The van der Waals surface area contributed by atoms with Gasteiger partial charge in [-0.25, -0.2) is 0 Å². The number of fused-ring (bicyclic) bond motifs is 4. The van der Waals surface area contributed by atoms with E-state index in [9.17, 15) is 0 Å². The maximum absolute atomic E-state index is 5.08. The molecule has 0 saturated heterocycles. The third kappa shape index (κ3) is 23.0. The second-order valence-electron chi connectivity index (χ2n) is 16.0. The Kier molecular flexibility index (Phi) is 24.9. The minimum absolute atomic E-state index is 0.360. The van der Waals surface area contributed by atoms with Crippen LogP contribution in [0.15, 0.2) is 91.1 Å². The zero-order valence-electron chi connectivity index (χ0n) is 34.9. The Morgan fingerprint density at radius 3 is 1.21 bits per heavy atom. The third-order valence-corrected chi connectivity index (χ3v) is 6.63. The zero-order chi connectivity index (χ0) is 38.7. The van der Waals surface area contributed by atoms with Crippen molar-refractivity contribution in [2.24, 2.45) is 23.7 Å². The molecule has 52 heavy (non-hydrogen) atoms. The molecule has 0 amide bonds. The van der Waals surface area contributed by atoms with Crippen molar-refractivity contribution in [1.29, 1.82) is 0 Å². The van der Waals surface area contributed by atoms with E-state index in [1.54, 1.807) is 11.1 Å². The number of para-hydroxylation sites is 2. The molecule has 288 valence electrons. The highest BCUT2D eigenvalue weighted by molar-refractivity contribution is 5.41. The number of benzene rings is 3. The summed E-state index contributed by atoms with van der Waals surface area (Å²) in [6.07, 6.45) is 5.80. The van der Waals surface area contributed by atoms with Gasteiger partial charge < -0.3 is 20.1 Å². The molecule has 5 nitrogen and oxygen atoms in total. The van der Waals surface area contributed by atoms with Crippen LogP contribution in [0.25, 0.3) is 0 Å². The van der Waals surface area contributed by atoms with E-state index in [1.807, 2.05) is 36.5 Å². The van der Waals surface area contributed by atoms with Gasteiger partial charge in [-0.3, -0.25) is 4.98 Å². The summed E-state index contributed by atoms with van der Waals surface area (Å²) < 4.78 is 10.2. The van der Waals surface area contributed by atoms with Gasteiger partial charge in [-0.2, -0.15) is 0 Å². The first-order valence-electron chi connectivity index (χ1n) is 19.6. The molecule has 0 spiro atoms. The summed E-state index contributed by atoms with van der Waals surface area (Å²) >= 11 is 0. The Hall–Kier alpha value is -3.67. The van der Waals surface area contributed by atoms with Crippen molar-refractivity contribution in [1.82, 2.24) is 15.6 Å². The highest BCUT2D eigenvalue weighted by Gasteiger charge is 2.10. The monoisotopic (exact) mass is 712 g/mol. The fourth-order valence-electron chi connectivity index (χ4n) is 4.70. The summed E-state index contributed by atoms with van der Waals surface area (Å²) in [6.45, 7) is 30.4. The maximum atomic E-state index is 5.08. The first kappa shape index (κ1) is 46.4. The molecule has 3 aromatic carbocycles. The molecule has 1 aromatic heterocycles. The Balaban J connectivity index is 0.000000307. The van der Waals surface area contributed by atoms with Crippen LogP contribution in [0.5, 0.6) is 11.5 Å². The van der Waals surface area contributed by atoms with Crippen molar-refractivity contribution in [3.8, 4) is 11.5 Å². The zero-order valence-corrected chi connectivity index (χ0v) is 34.9. The lowest BCUT2D eigenvalue weighted by molar-refractivity contribution is 0.174. The van der Waals surface area contributed by atoms with Crippen LogP contribution in [0, 0.1) is 23.7 Å². The minimum Gasteiger partial charge on any atom is -0.454 e. The molecule has 1 aliphatic carbocycles. The van der Waals surface area contributed by atoms with Gasteiger partial charge >= 0.3 is 0 Å². The molecule has 3 aliphatic heterocycles. The van der Waals surface area contributed by atoms with E-state index in [0.29, 0.717) is 6.79 Å². The molecular weight excluding hydrogens is 639 g/mol. The Bertz CT molecular complexity index is 1140. The molecule has 0 atom stereocenters. The van der Waals surface area contributed by atoms with Crippen molar-refractivity contribution in [2.45, 2.75) is 129 Å². The van der Waals surface area contributed by atoms with Crippen LogP contribution < -0.4 is 20.1 Å². The van der Waals surface area contributed by atoms with Crippen molar-refractivity contribution >= 4 is 0 Å². The second kappa shape index (κ2) is 27.9. The quantitative estimate of drug-likeness (QED) is 0.190. The average Bonchev–Trinajstić information content (AvgIpc) is 3.91. The van der Waals surface area contributed by atoms with Crippen LogP contribution >= 0.6 is 0 Å². The lowest BCUT2D eigenvalue weighted by Crippen LogP contribution is -2.00. The van der Waals surface area contributed by atoms with E-state index in [-0.39, 0.29) is 0 Å². The van der Waals surface area contributed by atoms with Gasteiger partial charge in [-0.15, -0.1) is 0 Å². The van der Waals surface area contributed by atoms with Crippen molar-refractivity contribution in [2.75, 3.05) is 6.79 Å². The first-order valence-corrected chi connectivity index (χ1v) is 19.6. The summed E-state index contributed by atoms with van der Waals surface area (Å²) in [4.78, 5) is 4.20. The van der Waals surface area contributed by atoms with Gasteiger partial charge in [-0.05, 0) is 89.0 Å². The number of hydrogen-bond acceptors (Lipinski definition) is 5. The van der Waals surface area contributed by atoms with Crippen LogP contribution in [-0.2, 0) is 39.0 Å². The molecule has 0 fully saturated rings. The number of nitrogens with zero attached hydrogens (tertiary/aromatic N) is 1. The Morgan fingerprint density at radius 1 is 0.442 bits per heavy atom. The molecule has 2 N–H and O–H groups in total. The number of ether oxygens (including phenoxy) is 2. The van der Waals surface area contributed by atoms with Gasteiger partial charge in [0.15, 0.2) is 11.5 Å². The summed E-state index contributed by atoms with van der Waals surface area (Å²) in [5, 5.41) is 6.51. The van der Waals surface area contributed by atoms with Gasteiger partial charge in [0.25, 0.3) is 0 Å². The number of hydrogen-bond donors (Lipinski definition) is 2. The SMILES string of the molecule is CC(C)C.CC(C)C.CC(C)C.CC(C)C.c1ccc2c(c1)CCC2.c1ccc2c(c1)CNC2.c1ccc2c(c1)OCO2.c1cnc2c(c1)CNC2. The standard InChI is InChI=1S/C9H10.C8H9N.C7H8N2.C7H6O2.4C4H10/c1-2-5-9-7-3-6-8(9)4-1;1-2-4-8-6-9-5-7(8)3-1;1-2-6-4-8-5-7(6)9-3-1;1-2-4-7-6(3-1)8-5-9-7;4*1-4(2)3/h1-2,4-5H,3,6-7H2;1-4,9H,5-6H2;1-3,8H,4-5H2;1-4H,5H2;4*4H,1-3H3. The molecule has 8 rings (SSSR count). The van der Waals surface area contributed by atoms with Crippen LogP contribution in [0.3, 0.4) is 0 Å². The first-order chi connectivity index (χ1) is 24.8. The van der Waals surface area contributed by atoms with Gasteiger partial charge in [-0.1, -0.05) is 150 Å². The smallest absolute Gasteiger partial charge is 0.231 e. The Morgan fingerprint density at radius 2 is 0.788 bits per heavy atom. The van der Waals surface area contributed by atoms with E-state index >= 15 is 0 Å². The van der Waals surface area contributed by atoms with Crippen LogP contribution in [0.2, 0.25) is 0 Å². The van der Waals surface area contributed by atoms with Gasteiger partial charge in [0.2, 0.25) is 6.79 Å². The van der Waals surface area contributed by atoms with E-state index in [2.05, 4.69) is 153 Å². The number of aromatic nitrogens is 1. The van der Waals surface area contributed by atoms with E-state index < -0.39 is 0 Å². The summed E-state index contributed by atoms with van der Waals surface area (Å²) in [6, 6.07) is 29.0. The molecular formula is C47H73N3O2. The van der Waals surface area contributed by atoms with Crippen molar-refractivity contribution < 1.29 is 9.47 Å². The predicted octanol–water partition coefficient (Wildman–Crippen LogP) is 12.2. The summed E-state index contributed by atoms with van der Waals surface area (Å²) in [7, 11) is 0. The lowest BCUT2D eigenvalue weighted by atomic mass is 10.1. The van der Waals surface area contributed by atoms with Gasteiger partial charge in [0, 0.05) is 32.4 Å². The number of nitrogens with one attached hydrogen (secondary N) is 2. The van der Waals surface area contributed by atoms with Crippen LogP contribution in [0.4, 0.5) is 0 Å². The molecule has 5 heteroatoms. The molecule has 4 aliphatic rings. The molecule has 0 saturated carbocycles. The fraction of sp³-hybridized carbons (Fsp3) is 0.511. The summed E-state index contributed by atoms with van der Waals surface area (Å²) in [5.74, 6) is 5.02. The highest BCUT2D eigenvalue weighted by Crippen LogP contribution is 2.30. The van der Waals surface area contributed by atoms with Gasteiger partial charge in [0.1, 0.15) is 0 Å². The second-order valence-corrected chi connectivity index (χ2v) is 16.0. The molecule has 4 aromatic rings. The third-order valence-electron chi connectivity index (χ3n) is 6.63. The largest absolute Gasteiger partial charge is 0.454 e. The molecule has 4 heterocycles. The van der Waals surface area contributed by atoms with Gasteiger partial charge in [0.05, 0.1) is 5.69 Å². The predicted molar refractivity (Wildman–Crippen MR) is 225 cm³/mol. The number of rotatable bonds is 0. The maximum Gasteiger partial charge on any atom is 0.231 e. The van der Waals surface area contributed by atoms with E-state index in [1.165, 1.54) is 41.6 Å². The lowest BCUT2D eigenvalue weighted by Gasteiger charge is -1.93. The molecule has 0 radical (unpaired) electrons. The number of aryl methyl sites for hydroxylation is 2. The minimum atomic E-state index is 0.360.